The van der Waals surface area contributed by atoms with Crippen molar-refractivity contribution in [3.8, 4) is 11.5 Å². The average molecular weight is 247 g/mol. The van der Waals surface area contributed by atoms with Crippen LogP contribution in [-0.4, -0.2) is 18.3 Å². The Morgan fingerprint density at radius 2 is 1.89 bits per heavy atom. The van der Waals surface area contributed by atoms with Gasteiger partial charge in [-0.15, -0.1) is 0 Å². The molecular formula is C15H21NO2. The molecule has 0 bridgehead atoms. The van der Waals surface area contributed by atoms with Crippen LogP contribution in [0.5, 0.6) is 11.5 Å². The fourth-order valence-corrected chi connectivity index (χ4v) is 3.61. The lowest BCUT2D eigenvalue weighted by atomic mass is 9.81. The van der Waals surface area contributed by atoms with Crippen molar-refractivity contribution >= 4 is 5.69 Å². The van der Waals surface area contributed by atoms with Gasteiger partial charge in [0.05, 0.1) is 7.11 Å². The van der Waals surface area contributed by atoms with Crippen LogP contribution in [0.3, 0.4) is 0 Å². The van der Waals surface area contributed by atoms with Gasteiger partial charge in [-0.05, 0) is 37.8 Å². The molecule has 0 saturated heterocycles. The summed E-state index contributed by atoms with van der Waals surface area (Å²) in [7, 11) is 1.63. The van der Waals surface area contributed by atoms with Gasteiger partial charge in [-0.25, -0.2) is 0 Å². The van der Waals surface area contributed by atoms with Crippen molar-refractivity contribution in [2.75, 3.05) is 12.4 Å². The van der Waals surface area contributed by atoms with Gasteiger partial charge in [-0.3, -0.25) is 0 Å². The Hall–Kier alpha value is -1.38. The molecule has 18 heavy (non-hydrogen) atoms. The summed E-state index contributed by atoms with van der Waals surface area (Å²) in [5.41, 5.74) is 4.51. The first-order valence-electron chi connectivity index (χ1n) is 6.81. The topological polar surface area (TPSA) is 41.5 Å². The van der Waals surface area contributed by atoms with Crippen LogP contribution in [0.2, 0.25) is 0 Å². The molecule has 1 aliphatic heterocycles. The van der Waals surface area contributed by atoms with Crippen molar-refractivity contribution in [1.29, 1.82) is 0 Å². The van der Waals surface area contributed by atoms with E-state index in [0.717, 1.165) is 16.8 Å². The Bertz CT molecular complexity index is 496. The molecule has 1 aromatic rings. The normalized spacial score (nSPS) is 25.3. The molecule has 0 unspecified atom stereocenters. The summed E-state index contributed by atoms with van der Waals surface area (Å²) in [6.07, 6.45) is 4.93. The van der Waals surface area contributed by atoms with E-state index >= 15 is 0 Å². The molecule has 1 aromatic carbocycles. The van der Waals surface area contributed by atoms with Crippen LogP contribution in [0.4, 0.5) is 5.69 Å². The highest BCUT2D eigenvalue weighted by Crippen LogP contribution is 2.53. The first kappa shape index (κ1) is 11.7. The predicted molar refractivity (Wildman–Crippen MR) is 72.8 cm³/mol. The van der Waals surface area contributed by atoms with Crippen LogP contribution in [0.25, 0.3) is 0 Å². The van der Waals surface area contributed by atoms with Gasteiger partial charge in [-0.1, -0.05) is 12.8 Å². The highest BCUT2D eigenvalue weighted by Gasteiger charge is 2.38. The highest BCUT2D eigenvalue weighted by molar-refractivity contribution is 5.75. The van der Waals surface area contributed by atoms with E-state index in [9.17, 15) is 5.11 Å². The molecule has 3 rings (SSSR count). The third-order valence-electron chi connectivity index (χ3n) is 4.69. The summed E-state index contributed by atoms with van der Waals surface area (Å²) in [4.78, 5) is 0. The lowest BCUT2D eigenvalue weighted by Gasteiger charge is -2.25. The number of hydrogen-bond donors (Lipinski definition) is 2. The fourth-order valence-electron chi connectivity index (χ4n) is 3.61. The molecule has 0 radical (unpaired) electrons. The van der Waals surface area contributed by atoms with Gasteiger partial charge in [0.15, 0.2) is 11.5 Å². The number of aromatic hydroxyl groups is 1. The molecule has 98 valence electrons. The average Bonchev–Trinajstić information content (AvgIpc) is 2.76. The third kappa shape index (κ3) is 1.43. The van der Waals surface area contributed by atoms with Crippen molar-refractivity contribution < 1.29 is 9.84 Å². The SMILES string of the molecule is COc1c(C)c(C)c2c(c1O)[C@H]1CCCC[C@H]1N2. The second-order valence-electron chi connectivity index (χ2n) is 5.56. The zero-order chi connectivity index (χ0) is 12.9. The Morgan fingerprint density at radius 3 is 2.61 bits per heavy atom. The second kappa shape index (κ2) is 4.08. The largest absolute Gasteiger partial charge is 0.504 e. The molecule has 1 heterocycles. The van der Waals surface area contributed by atoms with E-state index in [-0.39, 0.29) is 0 Å². The molecule has 2 N–H and O–H groups in total. The minimum absolute atomic E-state index is 0.359. The number of anilines is 1. The van der Waals surface area contributed by atoms with Crippen molar-refractivity contribution in [2.45, 2.75) is 51.5 Å². The lowest BCUT2D eigenvalue weighted by Crippen LogP contribution is -2.23. The van der Waals surface area contributed by atoms with E-state index in [4.69, 9.17) is 4.74 Å². The first-order chi connectivity index (χ1) is 8.65. The van der Waals surface area contributed by atoms with Crippen LogP contribution in [0.15, 0.2) is 0 Å². The Labute approximate surface area is 108 Å². The van der Waals surface area contributed by atoms with Crippen molar-refractivity contribution in [3.05, 3.63) is 16.7 Å². The summed E-state index contributed by atoms with van der Waals surface area (Å²) < 4.78 is 5.38. The van der Waals surface area contributed by atoms with E-state index in [1.807, 2.05) is 6.92 Å². The molecule has 3 heteroatoms. The van der Waals surface area contributed by atoms with Crippen LogP contribution in [0, 0.1) is 13.8 Å². The Balaban J connectivity index is 2.19. The molecule has 3 nitrogen and oxygen atoms in total. The minimum Gasteiger partial charge on any atom is -0.504 e. The Morgan fingerprint density at radius 1 is 1.17 bits per heavy atom. The van der Waals surface area contributed by atoms with Crippen LogP contribution >= 0.6 is 0 Å². The zero-order valence-corrected chi connectivity index (χ0v) is 11.3. The number of hydrogen-bond acceptors (Lipinski definition) is 3. The van der Waals surface area contributed by atoms with Gasteiger partial charge in [0, 0.05) is 23.2 Å². The molecular weight excluding hydrogens is 226 g/mol. The summed E-state index contributed by atoms with van der Waals surface area (Å²) >= 11 is 0. The van der Waals surface area contributed by atoms with Gasteiger partial charge in [0.2, 0.25) is 0 Å². The molecule has 0 amide bonds. The van der Waals surface area contributed by atoms with E-state index in [1.54, 1.807) is 7.11 Å². The van der Waals surface area contributed by atoms with Gasteiger partial charge >= 0.3 is 0 Å². The van der Waals surface area contributed by atoms with E-state index in [1.165, 1.54) is 31.2 Å². The van der Waals surface area contributed by atoms with E-state index in [0.29, 0.717) is 23.5 Å². The maximum absolute atomic E-state index is 10.5. The summed E-state index contributed by atoms with van der Waals surface area (Å²) in [5, 5.41) is 14.1. The number of methoxy groups -OCH3 is 1. The van der Waals surface area contributed by atoms with Gasteiger partial charge < -0.3 is 15.2 Å². The van der Waals surface area contributed by atoms with Gasteiger partial charge in [0.25, 0.3) is 0 Å². The number of phenols is 1. The summed E-state index contributed by atoms with van der Waals surface area (Å²) in [6.45, 7) is 4.12. The van der Waals surface area contributed by atoms with Gasteiger partial charge in [-0.2, -0.15) is 0 Å². The summed E-state index contributed by atoms with van der Waals surface area (Å²) in [5.74, 6) is 1.47. The van der Waals surface area contributed by atoms with Crippen LogP contribution in [-0.2, 0) is 0 Å². The Kier molecular flexibility index (Phi) is 2.65. The van der Waals surface area contributed by atoms with E-state index in [2.05, 4.69) is 12.2 Å². The van der Waals surface area contributed by atoms with Crippen LogP contribution in [0.1, 0.15) is 48.3 Å². The standard InChI is InChI=1S/C15H21NO2/c1-8-9(2)15(18-3)14(17)12-10-6-4-5-7-11(10)16-13(8)12/h10-11,16-17H,4-7H2,1-3H3/t10-,11+/m0/s1. The van der Waals surface area contributed by atoms with Crippen LogP contribution < -0.4 is 10.1 Å². The number of fused-ring (bicyclic) bond motifs is 3. The number of phenolic OH excluding ortho intramolecular Hbond substituents is 1. The number of ether oxygens (including phenoxy) is 1. The zero-order valence-electron chi connectivity index (χ0n) is 11.3. The van der Waals surface area contributed by atoms with E-state index < -0.39 is 0 Å². The van der Waals surface area contributed by atoms with Crippen molar-refractivity contribution in [1.82, 2.24) is 0 Å². The quantitative estimate of drug-likeness (QED) is 0.798. The minimum atomic E-state index is 0.359. The number of nitrogens with one attached hydrogen (secondary N) is 1. The maximum atomic E-state index is 10.5. The summed E-state index contributed by atoms with van der Waals surface area (Å²) in [6, 6.07) is 0.504. The van der Waals surface area contributed by atoms with Gasteiger partial charge in [0.1, 0.15) is 0 Å². The maximum Gasteiger partial charge on any atom is 0.164 e. The lowest BCUT2D eigenvalue weighted by molar-refractivity contribution is 0.359. The molecule has 0 aromatic heterocycles. The number of benzene rings is 1. The predicted octanol–water partition coefficient (Wildman–Crippen LogP) is 3.47. The van der Waals surface area contributed by atoms with Crippen molar-refractivity contribution in [3.63, 3.8) is 0 Å². The second-order valence-corrected chi connectivity index (χ2v) is 5.56. The smallest absolute Gasteiger partial charge is 0.164 e. The fraction of sp³-hybridized carbons (Fsp3) is 0.600. The monoisotopic (exact) mass is 247 g/mol. The molecule has 1 saturated carbocycles. The molecule has 1 fully saturated rings. The molecule has 1 aliphatic carbocycles. The number of rotatable bonds is 1. The van der Waals surface area contributed by atoms with Crippen molar-refractivity contribution in [2.24, 2.45) is 0 Å². The first-order valence-corrected chi connectivity index (χ1v) is 6.81. The third-order valence-corrected chi connectivity index (χ3v) is 4.69. The highest BCUT2D eigenvalue weighted by atomic mass is 16.5. The molecule has 2 atom stereocenters. The molecule has 2 aliphatic rings. The molecule has 0 spiro atoms.